The lowest BCUT2D eigenvalue weighted by molar-refractivity contribution is 0.0919. The number of hydrogen-bond donors (Lipinski definition) is 2. The van der Waals surface area contributed by atoms with E-state index in [0.717, 1.165) is 16.4 Å². The Balaban J connectivity index is 2.06. The zero-order valence-electron chi connectivity index (χ0n) is 20.5. The van der Waals surface area contributed by atoms with Crippen LogP contribution in [0.5, 0.6) is 11.5 Å². The molecule has 0 aliphatic heterocycles. The van der Waals surface area contributed by atoms with E-state index in [1.165, 1.54) is 26.2 Å². The van der Waals surface area contributed by atoms with Gasteiger partial charge in [0.1, 0.15) is 23.1 Å². The predicted octanol–water partition coefficient (Wildman–Crippen LogP) is 4.45. The van der Waals surface area contributed by atoms with Crippen molar-refractivity contribution in [1.82, 2.24) is 9.62 Å². The summed E-state index contributed by atoms with van der Waals surface area (Å²) in [5.41, 5.74) is 0.857. The molecule has 0 fully saturated rings. The lowest BCUT2D eigenvalue weighted by atomic mass is 9.97. The first-order chi connectivity index (χ1) is 17.4. The highest BCUT2D eigenvalue weighted by Gasteiger charge is 2.23. The molecule has 7 nitrogen and oxygen atoms in total. The van der Waals surface area contributed by atoms with Crippen LogP contribution in [0.15, 0.2) is 54.6 Å². The number of nitrogens with one attached hydrogen (secondary N) is 1. The summed E-state index contributed by atoms with van der Waals surface area (Å²) in [6.07, 6.45) is -0.0890. The smallest absolute Gasteiger partial charge is 0.255 e. The average molecular weight is 644 g/mol. The van der Waals surface area contributed by atoms with Crippen molar-refractivity contribution < 1.29 is 31.8 Å². The minimum Gasteiger partial charge on any atom is -0.456 e. The van der Waals surface area contributed by atoms with Crippen LogP contribution in [0.3, 0.4) is 0 Å². The molecule has 0 spiro atoms. The summed E-state index contributed by atoms with van der Waals surface area (Å²) in [7, 11) is -0.682. The highest BCUT2D eigenvalue weighted by atomic mass is 127. The second-order valence-electron chi connectivity index (χ2n) is 8.70. The van der Waals surface area contributed by atoms with Crippen LogP contribution >= 0.6 is 22.6 Å². The number of halogens is 3. The third kappa shape index (κ3) is 7.69. The molecule has 0 aromatic heterocycles. The largest absolute Gasteiger partial charge is 0.456 e. The molecule has 37 heavy (non-hydrogen) atoms. The van der Waals surface area contributed by atoms with Crippen LogP contribution in [0.4, 0.5) is 8.78 Å². The van der Waals surface area contributed by atoms with Gasteiger partial charge in [0.25, 0.3) is 5.91 Å². The van der Waals surface area contributed by atoms with Gasteiger partial charge in [-0.1, -0.05) is 18.2 Å². The molecule has 3 aromatic rings. The molecular formula is C26H27F2IN2O5S. The van der Waals surface area contributed by atoms with Gasteiger partial charge in [-0.3, -0.25) is 4.79 Å². The van der Waals surface area contributed by atoms with E-state index in [9.17, 15) is 27.1 Å². The van der Waals surface area contributed by atoms with E-state index in [0.29, 0.717) is 9.13 Å². The first-order valence-corrected chi connectivity index (χ1v) is 13.9. The maximum atomic E-state index is 14.7. The van der Waals surface area contributed by atoms with Crippen molar-refractivity contribution >= 4 is 38.5 Å². The summed E-state index contributed by atoms with van der Waals surface area (Å²) in [5.74, 6) is -2.05. The van der Waals surface area contributed by atoms with Crippen molar-refractivity contribution in [2.75, 3.05) is 20.7 Å². The van der Waals surface area contributed by atoms with E-state index in [2.05, 4.69) is 5.32 Å². The third-order valence-electron chi connectivity index (χ3n) is 5.45. The number of carbonyl (C=O) groups is 1. The normalized spacial score (nSPS) is 12.4. The lowest BCUT2D eigenvalue weighted by Gasteiger charge is -2.18. The standard InChI is InChI=1S/C26H27F2IN2O5S/c1-16(14-32)30-26(33)25-19(10-18-7-8-21(29)13-23(18)28)11-20(27)12-24(25)36-22-6-4-5-17(9-22)15-37(34,35)31(2)3/h4-9,11-13,16,32H,10,14-15H2,1-3H3,(H,30,33)/t16-/m0/s1. The Hall–Kier alpha value is -2.61. The van der Waals surface area contributed by atoms with Gasteiger partial charge in [0.15, 0.2) is 0 Å². The van der Waals surface area contributed by atoms with Crippen LogP contribution < -0.4 is 10.1 Å². The highest BCUT2D eigenvalue weighted by Crippen LogP contribution is 2.32. The average Bonchev–Trinajstić information content (AvgIpc) is 2.80. The van der Waals surface area contributed by atoms with E-state index in [-0.39, 0.29) is 47.0 Å². The van der Waals surface area contributed by atoms with Gasteiger partial charge in [-0.05, 0) is 76.5 Å². The van der Waals surface area contributed by atoms with E-state index < -0.39 is 33.6 Å². The number of carbonyl (C=O) groups excluding carboxylic acids is 1. The first-order valence-electron chi connectivity index (χ1n) is 11.2. The Morgan fingerprint density at radius 1 is 1.11 bits per heavy atom. The van der Waals surface area contributed by atoms with Crippen molar-refractivity contribution in [2.24, 2.45) is 0 Å². The van der Waals surface area contributed by atoms with Crippen LogP contribution in [-0.4, -0.2) is 50.5 Å². The van der Waals surface area contributed by atoms with E-state index in [4.69, 9.17) is 4.74 Å². The molecule has 3 rings (SSSR count). The second kappa shape index (κ2) is 12.3. The maximum absolute atomic E-state index is 14.7. The fourth-order valence-corrected chi connectivity index (χ4v) is 4.80. The number of aliphatic hydroxyl groups is 1. The van der Waals surface area contributed by atoms with Gasteiger partial charge >= 0.3 is 0 Å². The highest BCUT2D eigenvalue weighted by molar-refractivity contribution is 14.1. The van der Waals surface area contributed by atoms with E-state index in [1.807, 2.05) is 22.6 Å². The summed E-state index contributed by atoms with van der Waals surface area (Å²) >= 11 is 1.98. The quantitative estimate of drug-likeness (QED) is 0.318. The second-order valence-corrected chi connectivity index (χ2v) is 12.1. The maximum Gasteiger partial charge on any atom is 0.255 e. The molecule has 0 radical (unpaired) electrons. The summed E-state index contributed by atoms with van der Waals surface area (Å²) < 4.78 is 61.6. The van der Waals surface area contributed by atoms with Crippen LogP contribution in [0.2, 0.25) is 0 Å². The zero-order chi connectivity index (χ0) is 27.3. The SMILES string of the molecule is C[C@@H](CO)NC(=O)c1c(Cc2ccc(I)cc2F)cc(F)cc1Oc1cccc(CS(=O)(=O)N(C)C)c1. The predicted molar refractivity (Wildman–Crippen MR) is 145 cm³/mol. The van der Waals surface area contributed by atoms with Crippen LogP contribution in [0.25, 0.3) is 0 Å². The molecule has 11 heteroatoms. The summed E-state index contributed by atoms with van der Waals surface area (Å²) in [6.45, 7) is 1.27. The minimum absolute atomic E-state index is 0.0223. The summed E-state index contributed by atoms with van der Waals surface area (Å²) in [4.78, 5) is 13.2. The van der Waals surface area contributed by atoms with Crippen molar-refractivity contribution in [2.45, 2.75) is 25.1 Å². The molecule has 0 heterocycles. The molecule has 0 aliphatic carbocycles. The fourth-order valence-electron chi connectivity index (χ4n) is 3.49. The molecule has 1 atom stereocenters. The van der Waals surface area contributed by atoms with Gasteiger partial charge in [0, 0.05) is 36.2 Å². The Morgan fingerprint density at radius 2 is 1.84 bits per heavy atom. The molecule has 0 bridgehead atoms. The van der Waals surface area contributed by atoms with Gasteiger partial charge < -0.3 is 15.2 Å². The number of rotatable bonds is 10. The molecule has 0 saturated carbocycles. The summed E-state index contributed by atoms with van der Waals surface area (Å²) in [5, 5.41) is 12.0. The molecule has 198 valence electrons. The number of ether oxygens (including phenoxy) is 1. The summed E-state index contributed by atoms with van der Waals surface area (Å²) in [6, 6.07) is 12.4. The lowest BCUT2D eigenvalue weighted by Crippen LogP contribution is -2.35. The van der Waals surface area contributed by atoms with E-state index >= 15 is 0 Å². The Labute approximate surface area is 228 Å². The van der Waals surface area contributed by atoms with Gasteiger partial charge in [0.05, 0.1) is 17.9 Å². The minimum atomic E-state index is -3.54. The molecular weight excluding hydrogens is 617 g/mol. The van der Waals surface area contributed by atoms with Crippen LogP contribution in [-0.2, 0) is 22.2 Å². The first kappa shape index (κ1) is 29.0. The zero-order valence-corrected chi connectivity index (χ0v) is 23.4. The van der Waals surface area contributed by atoms with Crippen molar-refractivity contribution in [3.63, 3.8) is 0 Å². The number of amides is 1. The van der Waals surface area contributed by atoms with E-state index in [1.54, 1.807) is 37.3 Å². The number of sulfonamides is 1. The number of nitrogens with zero attached hydrogens (tertiary/aromatic N) is 1. The Morgan fingerprint density at radius 3 is 2.49 bits per heavy atom. The number of hydrogen-bond acceptors (Lipinski definition) is 5. The van der Waals surface area contributed by atoms with Crippen LogP contribution in [0, 0.1) is 15.2 Å². The molecule has 1 amide bonds. The van der Waals surface area contributed by atoms with Gasteiger partial charge in [-0.15, -0.1) is 0 Å². The Kier molecular flexibility index (Phi) is 9.62. The molecule has 0 unspecified atom stereocenters. The van der Waals surface area contributed by atoms with Crippen molar-refractivity contribution in [3.05, 3.63) is 92.1 Å². The Bertz CT molecular complexity index is 1400. The third-order valence-corrected chi connectivity index (χ3v) is 7.94. The molecule has 3 aromatic carbocycles. The number of benzene rings is 3. The van der Waals surface area contributed by atoms with Gasteiger partial charge in [-0.2, -0.15) is 0 Å². The van der Waals surface area contributed by atoms with Crippen LogP contribution in [0.1, 0.15) is 34.0 Å². The fraction of sp³-hybridized carbons (Fsp3) is 0.269. The van der Waals surface area contributed by atoms with Gasteiger partial charge in [0.2, 0.25) is 10.0 Å². The molecule has 2 N–H and O–H groups in total. The van der Waals surface area contributed by atoms with Gasteiger partial charge in [-0.25, -0.2) is 21.5 Å². The topological polar surface area (TPSA) is 95.9 Å². The van der Waals surface area contributed by atoms with Crippen molar-refractivity contribution in [3.8, 4) is 11.5 Å². The molecule has 0 aliphatic rings. The molecule has 0 saturated heterocycles. The number of aliphatic hydroxyl groups excluding tert-OH is 1. The monoisotopic (exact) mass is 644 g/mol. The van der Waals surface area contributed by atoms with Crippen molar-refractivity contribution in [1.29, 1.82) is 0 Å².